The fraction of sp³-hybridized carbons (Fsp3) is 0.409. The Balaban J connectivity index is 1.59. The van der Waals surface area contributed by atoms with Crippen LogP contribution in [0.5, 0.6) is 5.75 Å². The molecular formula is C22H29N5OS. The summed E-state index contributed by atoms with van der Waals surface area (Å²) in [7, 11) is 0. The van der Waals surface area contributed by atoms with Gasteiger partial charge in [-0.1, -0.05) is 39.0 Å². The largest absolute Gasteiger partial charge is 0.494 e. The lowest BCUT2D eigenvalue weighted by Gasteiger charge is -2.06. The summed E-state index contributed by atoms with van der Waals surface area (Å²) in [4.78, 5) is 14.2. The molecule has 0 saturated heterocycles. The molecule has 6 nitrogen and oxygen atoms in total. The number of ether oxygens (including phenoxy) is 1. The number of aromatic nitrogens is 3. The van der Waals surface area contributed by atoms with Gasteiger partial charge >= 0.3 is 0 Å². The van der Waals surface area contributed by atoms with Gasteiger partial charge in [-0.3, -0.25) is 5.43 Å². The normalized spacial score (nSPS) is 10.9. The molecule has 7 heteroatoms. The molecule has 0 saturated carbocycles. The van der Waals surface area contributed by atoms with E-state index in [1.807, 2.05) is 25.1 Å². The Morgan fingerprint density at radius 3 is 2.52 bits per heavy atom. The van der Waals surface area contributed by atoms with Crippen LogP contribution in [0.3, 0.4) is 0 Å². The maximum absolute atomic E-state index is 5.87. The first-order chi connectivity index (χ1) is 14.2. The Hall–Kier alpha value is -2.51. The summed E-state index contributed by atoms with van der Waals surface area (Å²) in [6.45, 7) is 5.01. The van der Waals surface area contributed by atoms with Crippen molar-refractivity contribution in [3.63, 3.8) is 0 Å². The number of nitrogens with zero attached hydrogens (tertiary/aromatic N) is 3. The number of nitrogens with one attached hydrogen (secondary N) is 1. The molecule has 0 amide bonds. The smallest absolute Gasteiger partial charge is 0.237 e. The van der Waals surface area contributed by atoms with Gasteiger partial charge in [0, 0.05) is 11.8 Å². The van der Waals surface area contributed by atoms with Gasteiger partial charge in [0.15, 0.2) is 0 Å². The molecule has 0 bridgehead atoms. The predicted molar refractivity (Wildman–Crippen MR) is 120 cm³/mol. The van der Waals surface area contributed by atoms with Gasteiger partial charge in [0.1, 0.15) is 10.8 Å². The quantitative estimate of drug-likeness (QED) is 0.243. The maximum atomic E-state index is 5.87. The van der Waals surface area contributed by atoms with E-state index in [4.69, 9.17) is 15.6 Å². The van der Waals surface area contributed by atoms with Crippen LogP contribution in [-0.2, 0) is 0 Å². The van der Waals surface area contributed by atoms with Gasteiger partial charge in [0.25, 0.3) is 0 Å². The molecule has 154 valence electrons. The summed E-state index contributed by atoms with van der Waals surface area (Å²) in [6.07, 6.45) is 9.29. The zero-order valence-electron chi connectivity index (χ0n) is 17.1. The average molecular weight is 412 g/mol. The van der Waals surface area contributed by atoms with Crippen molar-refractivity contribution in [3.8, 4) is 26.9 Å². The van der Waals surface area contributed by atoms with Crippen molar-refractivity contribution in [1.29, 1.82) is 0 Å². The lowest BCUT2D eigenvalue weighted by molar-refractivity contribution is 0.304. The fourth-order valence-corrected chi connectivity index (χ4v) is 4.12. The van der Waals surface area contributed by atoms with E-state index in [2.05, 4.69) is 34.5 Å². The van der Waals surface area contributed by atoms with Crippen LogP contribution in [-0.4, -0.2) is 21.6 Å². The molecule has 2 aromatic heterocycles. The van der Waals surface area contributed by atoms with Gasteiger partial charge in [-0.05, 0) is 43.7 Å². The number of hydrogen-bond donors (Lipinski definition) is 2. The van der Waals surface area contributed by atoms with Gasteiger partial charge in [-0.25, -0.2) is 20.8 Å². The minimum absolute atomic E-state index is 0.392. The lowest BCUT2D eigenvalue weighted by atomic mass is 10.1. The number of nitrogens with two attached hydrogens (primary N) is 1. The van der Waals surface area contributed by atoms with E-state index in [1.165, 1.54) is 32.1 Å². The van der Waals surface area contributed by atoms with Crippen molar-refractivity contribution >= 4 is 17.3 Å². The first-order valence-corrected chi connectivity index (χ1v) is 11.0. The summed E-state index contributed by atoms with van der Waals surface area (Å²) < 4.78 is 5.87. The fourth-order valence-electron chi connectivity index (χ4n) is 3.08. The molecule has 2 heterocycles. The number of hydrogen-bond acceptors (Lipinski definition) is 7. The SMILES string of the molecule is CCCCCCCCOc1ccc(-c2nc(C)c(-c3ccnc(NN)n3)s2)cc1. The van der Waals surface area contributed by atoms with Gasteiger partial charge < -0.3 is 4.74 Å². The third kappa shape index (κ3) is 5.98. The van der Waals surface area contributed by atoms with E-state index >= 15 is 0 Å². The van der Waals surface area contributed by atoms with Gasteiger partial charge in [-0.15, -0.1) is 11.3 Å². The standard InChI is InChI=1S/C22H29N5OS/c1-3-4-5-6-7-8-15-28-18-11-9-17(10-12-18)21-25-16(2)20(29-21)19-13-14-24-22(26-19)27-23/h9-14H,3-8,15,23H2,1-2H3,(H,24,26,27). The number of anilines is 1. The number of thiazole rings is 1. The molecule has 3 rings (SSSR count). The lowest BCUT2D eigenvalue weighted by Crippen LogP contribution is -2.10. The molecule has 1 aromatic carbocycles. The maximum Gasteiger partial charge on any atom is 0.237 e. The molecular weight excluding hydrogens is 382 g/mol. The summed E-state index contributed by atoms with van der Waals surface area (Å²) in [5.74, 6) is 6.72. The molecule has 3 aromatic rings. The van der Waals surface area contributed by atoms with Crippen molar-refractivity contribution in [2.45, 2.75) is 52.4 Å². The van der Waals surface area contributed by atoms with Crippen molar-refractivity contribution in [3.05, 3.63) is 42.2 Å². The van der Waals surface area contributed by atoms with E-state index in [0.29, 0.717) is 5.95 Å². The molecule has 0 aliphatic carbocycles. The van der Waals surface area contributed by atoms with Crippen molar-refractivity contribution in [2.75, 3.05) is 12.0 Å². The van der Waals surface area contributed by atoms with Crippen LogP contribution in [0.25, 0.3) is 21.1 Å². The predicted octanol–water partition coefficient (Wildman–Crippen LogP) is 5.60. The van der Waals surface area contributed by atoms with Crippen LogP contribution in [0.15, 0.2) is 36.5 Å². The van der Waals surface area contributed by atoms with Crippen LogP contribution in [0, 0.1) is 6.92 Å². The number of hydrazine groups is 1. The summed E-state index contributed by atoms with van der Waals surface area (Å²) in [5, 5.41) is 0.959. The Morgan fingerprint density at radius 1 is 1.00 bits per heavy atom. The Kier molecular flexibility index (Phi) is 7.95. The summed E-state index contributed by atoms with van der Waals surface area (Å²) in [6, 6.07) is 10.0. The molecule has 0 atom stereocenters. The molecule has 0 unspecified atom stereocenters. The number of benzene rings is 1. The second-order valence-electron chi connectivity index (χ2n) is 6.98. The molecule has 0 aliphatic heterocycles. The molecule has 0 aliphatic rings. The van der Waals surface area contributed by atoms with Crippen LogP contribution < -0.4 is 16.0 Å². The number of rotatable bonds is 11. The van der Waals surface area contributed by atoms with Gasteiger partial charge in [0.2, 0.25) is 5.95 Å². The highest BCUT2D eigenvalue weighted by Gasteiger charge is 2.13. The number of unbranched alkanes of at least 4 members (excludes halogenated alkanes) is 5. The van der Waals surface area contributed by atoms with Gasteiger partial charge in [-0.2, -0.15) is 0 Å². The van der Waals surface area contributed by atoms with Crippen molar-refractivity contribution < 1.29 is 4.74 Å². The van der Waals surface area contributed by atoms with Crippen molar-refractivity contribution in [1.82, 2.24) is 15.0 Å². The summed E-state index contributed by atoms with van der Waals surface area (Å²) >= 11 is 1.61. The molecule has 3 N–H and O–H groups in total. The highest BCUT2D eigenvalue weighted by atomic mass is 32.1. The minimum Gasteiger partial charge on any atom is -0.494 e. The third-order valence-corrected chi connectivity index (χ3v) is 5.91. The second kappa shape index (κ2) is 10.9. The molecule has 0 spiro atoms. The van der Waals surface area contributed by atoms with Crippen LogP contribution in [0.1, 0.15) is 51.1 Å². The Bertz CT molecular complexity index is 894. The van der Waals surface area contributed by atoms with E-state index in [-0.39, 0.29) is 0 Å². The first kappa shape index (κ1) is 21.2. The Morgan fingerprint density at radius 2 is 1.76 bits per heavy atom. The minimum atomic E-state index is 0.392. The zero-order chi connectivity index (χ0) is 20.5. The number of aryl methyl sites for hydroxylation is 1. The summed E-state index contributed by atoms with van der Waals surface area (Å²) in [5.41, 5.74) is 5.31. The van der Waals surface area contributed by atoms with Crippen LogP contribution >= 0.6 is 11.3 Å². The zero-order valence-corrected chi connectivity index (χ0v) is 18.0. The monoisotopic (exact) mass is 411 g/mol. The molecule has 0 radical (unpaired) electrons. The highest BCUT2D eigenvalue weighted by molar-refractivity contribution is 7.18. The topological polar surface area (TPSA) is 86.0 Å². The van der Waals surface area contributed by atoms with Gasteiger partial charge in [0.05, 0.1) is 22.9 Å². The van der Waals surface area contributed by atoms with Crippen LogP contribution in [0.4, 0.5) is 5.95 Å². The van der Waals surface area contributed by atoms with E-state index in [0.717, 1.165) is 45.6 Å². The van der Waals surface area contributed by atoms with Crippen molar-refractivity contribution in [2.24, 2.45) is 5.84 Å². The highest BCUT2D eigenvalue weighted by Crippen LogP contribution is 2.35. The Labute approximate surface area is 176 Å². The number of nitrogen functional groups attached to an aromatic ring is 1. The van der Waals surface area contributed by atoms with Crippen LogP contribution in [0.2, 0.25) is 0 Å². The third-order valence-electron chi connectivity index (χ3n) is 4.68. The molecule has 29 heavy (non-hydrogen) atoms. The van der Waals surface area contributed by atoms with E-state index in [1.54, 1.807) is 17.5 Å². The van der Waals surface area contributed by atoms with E-state index < -0.39 is 0 Å². The van der Waals surface area contributed by atoms with E-state index in [9.17, 15) is 0 Å². The molecule has 0 fully saturated rings. The average Bonchev–Trinajstić information content (AvgIpc) is 3.15. The first-order valence-electron chi connectivity index (χ1n) is 10.2. The second-order valence-corrected chi connectivity index (χ2v) is 7.98.